The fourth-order valence-electron chi connectivity index (χ4n) is 4.11. The molecule has 0 bridgehead atoms. The molecule has 0 N–H and O–H groups in total. The van der Waals surface area contributed by atoms with E-state index in [1.807, 2.05) is 74.5 Å². The average molecular weight is 407 g/mol. The molecule has 4 rings (SSSR count). The lowest BCUT2D eigenvalue weighted by Crippen LogP contribution is -2.73. The molecule has 2 aliphatic heterocycles. The van der Waals surface area contributed by atoms with Crippen molar-refractivity contribution in [2.75, 3.05) is 0 Å². The maximum absolute atomic E-state index is 13.2. The van der Waals surface area contributed by atoms with Gasteiger partial charge >= 0.3 is 17.4 Å². The predicted molar refractivity (Wildman–Crippen MR) is 112 cm³/mol. The van der Waals surface area contributed by atoms with Gasteiger partial charge in [0.05, 0.1) is 6.42 Å². The van der Waals surface area contributed by atoms with Gasteiger partial charge in [-0.1, -0.05) is 60.7 Å². The fraction of sp³-hybridized carbons (Fsp3) is 0.348. The number of thioether (sulfide) groups is 1. The Morgan fingerprint density at radius 2 is 1.69 bits per heavy atom. The minimum Gasteiger partial charge on any atom is -0.459 e. The smallest absolute Gasteiger partial charge is 0.342 e. The number of rotatable bonds is 5. The van der Waals surface area contributed by atoms with Crippen LogP contribution in [0.4, 0.5) is 0 Å². The number of β-lactam (4-membered cyclic amide) rings is 1. The first kappa shape index (κ1) is 19.5. The summed E-state index contributed by atoms with van der Waals surface area (Å²) in [5, 5.41) is -0.350. The summed E-state index contributed by atoms with van der Waals surface area (Å²) in [6.45, 7) is 11.8. The number of hydrogen-bond donors (Lipinski definition) is 0. The Bertz CT molecular complexity index is 971. The molecule has 1 amide bonds. The number of esters is 1. The molecule has 0 aromatic heterocycles. The van der Waals surface area contributed by atoms with Crippen LogP contribution < -0.4 is 0 Å². The fourth-order valence-corrected chi connectivity index (χ4v) is 5.79. The Morgan fingerprint density at radius 1 is 1.10 bits per heavy atom. The summed E-state index contributed by atoms with van der Waals surface area (Å²) < 4.78 is 5.01. The molecule has 148 valence electrons. The van der Waals surface area contributed by atoms with Crippen LogP contribution in [0.25, 0.3) is 4.85 Å². The maximum Gasteiger partial charge on any atom is 0.342 e. The zero-order valence-electron chi connectivity index (χ0n) is 16.4. The molecular weight excluding hydrogens is 384 g/mol. The maximum atomic E-state index is 13.2. The van der Waals surface area contributed by atoms with E-state index in [1.54, 1.807) is 4.90 Å². The number of carbonyl (C=O) groups excluding carboxylic acids is 2. The monoisotopic (exact) mass is 406 g/mol. The highest BCUT2D eigenvalue weighted by Gasteiger charge is 2.76. The third kappa shape index (κ3) is 3.20. The normalized spacial score (nSPS) is 26.9. The predicted octanol–water partition coefficient (Wildman–Crippen LogP) is 3.69. The van der Waals surface area contributed by atoms with Gasteiger partial charge in [-0.25, -0.2) is 11.4 Å². The summed E-state index contributed by atoms with van der Waals surface area (Å²) >= 11 is 1.52. The van der Waals surface area contributed by atoms with Gasteiger partial charge in [0.15, 0.2) is 5.37 Å². The van der Waals surface area contributed by atoms with Crippen LogP contribution in [-0.4, -0.2) is 38.5 Å². The first-order chi connectivity index (χ1) is 13.9. The lowest BCUT2D eigenvalue weighted by Gasteiger charge is -2.45. The number of nitrogens with zero attached hydrogens (tertiary/aromatic N) is 2. The number of amides is 1. The van der Waals surface area contributed by atoms with Crippen molar-refractivity contribution in [3.05, 3.63) is 83.2 Å². The number of carbonyl (C=O) groups is 2. The van der Waals surface area contributed by atoms with Crippen molar-refractivity contribution in [1.82, 2.24) is 4.90 Å². The molecule has 3 atom stereocenters. The zero-order valence-corrected chi connectivity index (χ0v) is 17.2. The van der Waals surface area contributed by atoms with Gasteiger partial charge in [0.25, 0.3) is 0 Å². The Labute approximate surface area is 174 Å². The lowest BCUT2D eigenvalue weighted by atomic mass is 9.80. The van der Waals surface area contributed by atoms with Crippen molar-refractivity contribution < 1.29 is 14.3 Å². The van der Waals surface area contributed by atoms with E-state index in [0.29, 0.717) is 6.42 Å². The van der Waals surface area contributed by atoms with Crippen LogP contribution in [0, 0.1) is 6.57 Å². The zero-order chi connectivity index (χ0) is 20.6. The first-order valence-corrected chi connectivity index (χ1v) is 10.4. The Kier molecular flexibility index (Phi) is 4.87. The van der Waals surface area contributed by atoms with Gasteiger partial charge < -0.3 is 4.74 Å². The molecule has 5 nitrogen and oxygen atoms in total. The van der Waals surface area contributed by atoms with Gasteiger partial charge in [-0.05, 0) is 25.0 Å². The molecule has 2 fully saturated rings. The summed E-state index contributed by atoms with van der Waals surface area (Å²) in [5.41, 5.74) is 0.693. The molecule has 6 heteroatoms. The van der Waals surface area contributed by atoms with Crippen molar-refractivity contribution in [3.8, 4) is 0 Å². The van der Waals surface area contributed by atoms with Gasteiger partial charge in [0, 0.05) is 4.75 Å². The second-order valence-corrected chi connectivity index (χ2v) is 9.71. The molecule has 2 heterocycles. The minimum absolute atomic E-state index is 0.168. The molecule has 2 aromatic rings. The Balaban J connectivity index is 1.54. The van der Waals surface area contributed by atoms with Gasteiger partial charge in [0.2, 0.25) is 0 Å². The van der Waals surface area contributed by atoms with Gasteiger partial charge in [-0.3, -0.25) is 14.5 Å². The summed E-state index contributed by atoms with van der Waals surface area (Å²) in [6, 6.07) is 18.4. The van der Waals surface area contributed by atoms with Gasteiger partial charge in [-0.2, -0.15) is 0 Å². The number of fused-ring (bicyclic) bond motifs is 1. The molecular formula is C23H22N2O3S. The van der Waals surface area contributed by atoms with Crippen LogP contribution in [0.2, 0.25) is 0 Å². The molecule has 0 aliphatic carbocycles. The molecule has 0 radical (unpaired) electrons. The van der Waals surface area contributed by atoms with E-state index >= 15 is 0 Å². The molecule has 29 heavy (non-hydrogen) atoms. The number of ether oxygens (including phenoxy) is 1. The molecule has 2 aromatic carbocycles. The second-order valence-electron chi connectivity index (χ2n) is 7.98. The largest absolute Gasteiger partial charge is 0.459 e. The van der Waals surface area contributed by atoms with E-state index in [4.69, 9.17) is 11.3 Å². The summed E-state index contributed by atoms with van der Waals surface area (Å²) in [7, 11) is 0. The number of benzene rings is 2. The first-order valence-electron chi connectivity index (χ1n) is 9.53. The topological polar surface area (TPSA) is 51.0 Å². The van der Waals surface area contributed by atoms with E-state index < -0.39 is 22.3 Å². The van der Waals surface area contributed by atoms with Crippen molar-refractivity contribution in [2.24, 2.45) is 0 Å². The van der Waals surface area contributed by atoms with Crippen molar-refractivity contribution >= 4 is 23.6 Å². The Morgan fingerprint density at radius 3 is 2.28 bits per heavy atom. The minimum atomic E-state index is -1.16. The van der Waals surface area contributed by atoms with Crippen LogP contribution in [0.3, 0.4) is 0 Å². The summed E-state index contributed by atoms with van der Waals surface area (Å²) in [6.07, 6.45) is 0.353. The highest BCUT2D eigenvalue weighted by Crippen LogP contribution is 2.57. The van der Waals surface area contributed by atoms with Crippen LogP contribution >= 0.6 is 11.8 Å². The standard InChI is InChI=1S/C23H22N2O3S/c1-22(2)18(19(26)28-15-17-12-8-5-9-13-17)25-20(27)23(24-3,21(25)29-22)14-16-10-6-4-7-11-16/h4-13,18,21H,14-15H2,1-2H3/t18-,21+,23+/m0/s1. The molecule has 2 aliphatic rings. The van der Waals surface area contributed by atoms with Crippen molar-refractivity contribution in [1.29, 1.82) is 0 Å². The highest BCUT2D eigenvalue weighted by molar-refractivity contribution is 8.01. The van der Waals surface area contributed by atoms with E-state index in [1.165, 1.54) is 11.8 Å². The summed E-state index contributed by atoms with van der Waals surface area (Å²) in [5.74, 6) is -0.693. The number of hydrogen-bond acceptors (Lipinski definition) is 4. The van der Waals surface area contributed by atoms with Crippen LogP contribution in [-0.2, 0) is 27.4 Å². The molecule has 0 unspecified atom stereocenters. The second kappa shape index (κ2) is 7.23. The lowest BCUT2D eigenvalue weighted by molar-refractivity contribution is -0.167. The van der Waals surface area contributed by atoms with Crippen LogP contribution in [0.5, 0.6) is 0 Å². The van der Waals surface area contributed by atoms with Crippen LogP contribution in [0.15, 0.2) is 60.7 Å². The van der Waals surface area contributed by atoms with E-state index in [0.717, 1.165) is 11.1 Å². The molecule has 0 spiro atoms. The van der Waals surface area contributed by atoms with Gasteiger partial charge in [0.1, 0.15) is 12.6 Å². The molecule has 2 saturated heterocycles. The van der Waals surface area contributed by atoms with Crippen molar-refractivity contribution in [3.63, 3.8) is 0 Å². The van der Waals surface area contributed by atoms with E-state index in [9.17, 15) is 9.59 Å². The Hall–Kier alpha value is -2.78. The van der Waals surface area contributed by atoms with E-state index in [-0.39, 0.29) is 17.9 Å². The third-order valence-electron chi connectivity index (χ3n) is 5.58. The molecule has 0 saturated carbocycles. The van der Waals surface area contributed by atoms with E-state index in [2.05, 4.69) is 4.85 Å². The SMILES string of the molecule is [C-]#[N+][C@]1(Cc2ccccc2)C(=O)N2[C@@H](C(=O)OCc3ccccc3)C(C)(C)S[C@@H]21. The highest BCUT2D eigenvalue weighted by atomic mass is 32.2. The summed E-state index contributed by atoms with van der Waals surface area (Å²) in [4.78, 5) is 31.4. The van der Waals surface area contributed by atoms with Gasteiger partial charge in [-0.15, -0.1) is 11.8 Å². The average Bonchev–Trinajstić information content (AvgIpc) is 3.00. The quantitative estimate of drug-likeness (QED) is 0.432. The third-order valence-corrected chi connectivity index (χ3v) is 7.25. The van der Waals surface area contributed by atoms with Crippen LogP contribution in [0.1, 0.15) is 25.0 Å². The van der Waals surface area contributed by atoms with Crippen molar-refractivity contribution in [2.45, 2.75) is 48.6 Å².